The lowest BCUT2D eigenvalue weighted by atomic mass is 10.4. The van der Waals surface area contributed by atoms with Gasteiger partial charge < -0.3 is 20.4 Å². The topological polar surface area (TPSA) is 64.7 Å². The molecule has 1 rings (SSSR count). The number of hydrogen-bond donors (Lipinski definition) is 2. The van der Waals surface area contributed by atoms with Gasteiger partial charge in [0.25, 0.3) is 0 Å². The fourth-order valence-electron chi connectivity index (χ4n) is 1.82. The number of nitrogens with zero attached hydrogens (tertiary/aromatic N) is 2. The average molecular weight is 242 g/mol. The van der Waals surface area contributed by atoms with Crippen molar-refractivity contribution >= 4 is 11.9 Å². The highest BCUT2D eigenvalue weighted by Crippen LogP contribution is 1.94. The van der Waals surface area contributed by atoms with Crippen molar-refractivity contribution in [3.8, 4) is 0 Å². The quantitative estimate of drug-likeness (QED) is 0.590. The first kappa shape index (κ1) is 13.8. The minimum Gasteiger partial charge on any atom is -0.342 e. The highest BCUT2D eigenvalue weighted by atomic mass is 16.2. The van der Waals surface area contributed by atoms with Gasteiger partial charge in [0.05, 0.1) is 6.54 Å². The molecule has 0 spiro atoms. The molecule has 3 amide bonds. The predicted octanol–water partition coefficient (Wildman–Crippen LogP) is -0.530. The van der Waals surface area contributed by atoms with Crippen LogP contribution in [0.25, 0.3) is 0 Å². The van der Waals surface area contributed by atoms with Gasteiger partial charge >= 0.3 is 6.03 Å². The maximum Gasteiger partial charge on any atom is 0.317 e. The van der Waals surface area contributed by atoms with E-state index in [1.54, 1.807) is 9.80 Å². The molecule has 1 fully saturated rings. The second-order valence-corrected chi connectivity index (χ2v) is 3.96. The Kier molecular flexibility index (Phi) is 5.76. The van der Waals surface area contributed by atoms with Crippen molar-refractivity contribution in [2.24, 2.45) is 0 Å². The first-order chi connectivity index (χ1) is 8.19. The van der Waals surface area contributed by atoms with E-state index >= 15 is 0 Å². The molecule has 0 aromatic rings. The van der Waals surface area contributed by atoms with E-state index in [1.807, 2.05) is 13.8 Å². The van der Waals surface area contributed by atoms with E-state index in [2.05, 4.69) is 10.6 Å². The van der Waals surface area contributed by atoms with Crippen LogP contribution >= 0.6 is 0 Å². The minimum atomic E-state index is -0.0122. The molecule has 98 valence electrons. The number of hydrogen-bond acceptors (Lipinski definition) is 3. The van der Waals surface area contributed by atoms with Gasteiger partial charge in [-0.2, -0.15) is 0 Å². The number of rotatable bonds is 7. The fourth-order valence-corrected chi connectivity index (χ4v) is 1.82. The summed E-state index contributed by atoms with van der Waals surface area (Å²) in [5.41, 5.74) is 0. The maximum absolute atomic E-state index is 11.6. The van der Waals surface area contributed by atoms with Crippen LogP contribution in [0, 0.1) is 0 Å². The third-order valence-electron chi connectivity index (χ3n) is 2.90. The zero-order valence-corrected chi connectivity index (χ0v) is 10.7. The van der Waals surface area contributed by atoms with Gasteiger partial charge in [0.2, 0.25) is 5.91 Å². The molecule has 0 saturated carbocycles. The summed E-state index contributed by atoms with van der Waals surface area (Å²) in [5.74, 6) is 0.112. The molecular formula is C11H22N4O2. The smallest absolute Gasteiger partial charge is 0.317 e. The maximum atomic E-state index is 11.6. The molecule has 6 heteroatoms. The monoisotopic (exact) mass is 242 g/mol. The van der Waals surface area contributed by atoms with E-state index in [4.69, 9.17) is 0 Å². The Hall–Kier alpha value is -1.30. The fraction of sp³-hybridized carbons (Fsp3) is 0.818. The SMILES string of the molecule is CCN(CC)C(=O)CNCCN1CCNC1=O. The average Bonchev–Trinajstić information content (AvgIpc) is 2.72. The normalized spacial score (nSPS) is 14.9. The number of nitrogens with one attached hydrogen (secondary N) is 2. The van der Waals surface area contributed by atoms with Crippen LogP contribution in [-0.4, -0.2) is 67.6 Å². The Balaban J connectivity index is 2.11. The molecule has 0 radical (unpaired) electrons. The zero-order chi connectivity index (χ0) is 12.7. The van der Waals surface area contributed by atoms with E-state index in [0.717, 1.165) is 26.2 Å². The van der Waals surface area contributed by atoms with Gasteiger partial charge in [-0.05, 0) is 13.8 Å². The van der Waals surface area contributed by atoms with Crippen LogP contribution in [0.2, 0.25) is 0 Å². The van der Waals surface area contributed by atoms with Gasteiger partial charge in [-0.25, -0.2) is 4.79 Å². The summed E-state index contributed by atoms with van der Waals surface area (Å²) < 4.78 is 0. The van der Waals surface area contributed by atoms with Crippen molar-refractivity contribution in [2.75, 3.05) is 45.8 Å². The van der Waals surface area contributed by atoms with Crippen molar-refractivity contribution in [3.05, 3.63) is 0 Å². The molecule has 2 N–H and O–H groups in total. The lowest BCUT2D eigenvalue weighted by molar-refractivity contribution is -0.129. The molecule has 0 unspecified atom stereocenters. The summed E-state index contributed by atoms with van der Waals surface area (Å²) in [6.07, 6.45) is 0. The van der Waals surface area contributed by atoms with E-state index in [1.165, 1.54) is 0 Å². The molecule has 0 bridgehead atoms. The lowest BCUT2D eigenvalue weighted by Gasteiger charge is -2.19. The molecule has 0 aliphatic carbocycles. The van der Waals surface area contributed by atoms with Crippen molar-refractivity contribution in [3.63, 3.8) is 0 Å². The molecule has 0 aromatic heterocycles. The van der Waals surface area contributed by atoms with Crippen LogP contribution in [0.15, 0.2) is 0 Å². The summed E-state index contributed by atoms with van der Waals surface area (Å²) in [6, 6.07) is -0.0122. The summed E-state index contributed by atoms with van der Waals surface area (Å²) >= 11 is 0. The Morgan fingerprint density at radius 3 is 2.71 bits per heavy atom. The van der Waals surface area contributed by atoms with Crippen LogP contribution in [-0.2, 0) is 4.79 Å². The van der Waals surface area contributed by atoms with Crippen LogP contribution in [0.5, 0.6) is 0 Å². The second-order valence-electron chi connectivity index (χ2n) is 3.96. The number of amides is 3. The van der Waals surface area contributed by atoms with Gasteiger partial charge in [0, 0.05) is 39.3 Å². The van der Waals surface area contributed by atoms with Crippen LogP contribution in [0.3, 0.4) is 0 Å². The predicted molar refractivity (Wildman–Crippen MR) is 65.8 cm³/mol. The third-order valence-corrected chi connectivity index (χ3v) is 2.90. The van der Waals surface area contributed by atoms with Gasteiger partial charge in [-0.15, -0.1) is 0 Å². The standard InChI is InChI=1S/C11H22N4O2/c1-3-14(4-2)10(16)9-12-5-7-15-8-6-13-11(15)17/h12H,3-9H2,1-2H3,(H,13,17). The van der Waals surface area contributed by atoms with Gasteiger partial charge in [-0.1, -0.05) is 0 Å². The molecular weight excluding hydrogens is 220 g/mol. The molecule has 0 atom stereocenters. The van der Waals surface area contributed by atoms with Crippen molar-refractivity contribution in [2.45, 2.75) is 13.8 Å². The molecule has 1 heterocycles. The summed E-state index contributed by atoms with van der Waals surface area (Å²) in [7, 11) is 0. The van der Waals surface area contributed by atoms with Gasteiger partial charge in [0.15, 0.2) is 0 Å². The Morgan fingerprint density at radius 1 is 1.47 bits per heavy atom. The van der Waals surface area contributed by atoms with Gasteiger partial charge in [0.1, 0.15) is 0 Å². The van der Waals surface area contributed by atoms with E-state index in [-0.39, 0.29) is 11.9 Å². The van der Waals surface area contributed by atoms with E-state index < -0.39 is 0 Å². The minimum absolute atomic E-state index is 0.0122. The number of carbonyl (C=O) groups is 2. The molecule has 1 aliphatic heterocycles. The molecule has 1 saturated heterocycles. The first-order valence-corrected chi connectivity index (χ1v) is 6.20. The Morgan fingerprint density at radius 2 is 2.18 bits per heavy atom. The number of carbonyl (C=O) groups excluding carboxylic acids is 2. The van der Waals surface area contributed by atoms with Crippen LogP contribution in [0.1, 0.15) is 13.8 Å². The number of urea groups is 1. The largest absolute Gasteiger partial charge is 0.342 e. The van der Waals surface area contributed by atoms with Crippen LogP contribution in [0.4, 0.5) is 4.79 Å². The van der Waals surface area contributed by atoms with E-state index in [0.29, 0.717) is 19.6 Å². The third kappa shape index (κ3) is 4.22. The lowest BCUT2D eigenvalue weighted by Crippen LogP contribution is -2.41. The molecule has 1 aliphatic rings. The summed E-state index contributed by atoms with van der Waals surface area (Å²) in [4.78, 5) is 26.4. The van der Waals surface area contributed by atoms with Gasteiger partial charge in [-0.3, -0.25) is 4.79 Å². The Labute approximate surface area is 102 Å². The zero-order valence-electron chi connectivity index (χ0n) is 10.7. The number of likely N-dealkylation sites (N-methyl/N-ethyl adjacent to an activating group) is 1. The highest BCUT2D eigenvalue weighted by molar-refractivity contribution is 5.78. The van der Waals surface area contributed by atoms with Crippen molar-refractivity contribution < 1.29 is 9.59 Å². The molecule has 6 nitrogen and oxygen atoms in total. The first-order valence-electron chi connectivity index (χ1n) is 6.20. The highest BCUT2D eigenvalue weighted by Gasteiger charge is 2.18. The Bertz CT molecular complexity index is 266. The molecule has 17 heavy (non-hydrogen) atoms. The second kappa shape index (κ2) is 7.11. The van der Waals surface area contributed by atoms with Crippen LogP contribution < -0.4 is 10.6 Å². The summed E-state index contributed by atoms with van der Waals surface area (Å²) in [6.45, 7) is 8.54. The van der Waals surface area contributed by atoms with Crippen molar-refractivity contribution in [1.29, 1.82) is 0 Å². The van der Waals surface area contributed by atoms with E-state index in [9.17, 15) is 9.59 Å². The molecule has 0 aromatic carbocycles. The van der Waals surface area contributed by atoms with Crippen molar-refractivity contribution in [1.82, 2.24) is 20.4 Å². The summed E-state index contributed by atoms with van der Waals surface area (Å²) in [5, 5.41) is 5.81.